The van der Waals surface area contributed by atoms with E-state index in [0.717, 1.165) is 6.92 Å². The van der Waals surface area contributed by atoms with Crippen molar-refractivity contribution in [3.63, 3.8) is 0 Å². The molecule has 0 saturated heterocycles. The summed E-state index contributed by atoms with van der Waals surface area (Å²) in [5, 5.41) is 9.38. The van der Waals surface area contributed by atoms with Gasteiger partial charge in [0.15, 0.2) is 0 Å². The van der Waals surface area contributed by atoms with Crippen LogP contribution in [0.3, 0.4) is 0 Å². The van der Waals surface area contributed by atoms with Gasteiger partial charge in [0.05, 0.1) is 12.0 Å². The van der Waals surface area contributed by atoms with Gasteiger partial charge in [0.2, 0.25) is 5.60 Å². The lowest BCUT2D eigenvalue weighted by Crippen LogP contribution is -2.53. The minimum Gasteiger partial charge on any atom is -0.449 e. The Morgan fingerprint density at radius 2 is 1.68 bits per heavy atom. The van der Waals surface area contributed by atoms with Crippen LogP contribution >= 0.6 is 0 Å². The van der Waals surface area contributed by atoms with Crippen LogP contribution in [0.1, 0.15) is 46.5 Å². The van der Waals surface area contributed by atoms with E-state index in [1.807, 2.05) is 0 Å². The summed E-state index contributed by atoms with van der Waals surface area (Å²) in [6.07, 6.45) is -4.10. The first kappa shape index (κ1) is 16.3. The fraction of sp³-hybridized carbons (Fsp3) is 0.923. The largest absolute Gasteiger partial charge is 0.449 e. The van der Waals surface area contributed by atoms with E-state index in [0.29, 0.717) is 12.8 Å². The second-order valence-corrected chi connectivity index (χ2v) is 5.69. The summed E-state index contributed by atoms with van der Waals surface area (Å²) in [5.41, 5.74) is -2.46. The fourth-order valence-electron chi connectivity index (χ4n) is 2.33. The van der Waals surface area contributed by atoms with Crippen LogP contribution in [-0.2, 0) is 9.53 Å². The molecule has 0 aromatic rings. The lowest BCUT2D eigenvalue weighted by Gasteiger charge is -2.41. The summed E-state index contributed by atoms with van der Waals surface area (Å²) >= 11 is 0. The number of rotatable bonds is 3. The van der Waals surface area contributed by atoms with E-state index in [9.17, 15) is 23.1 Å². The Bertz CT molecular complexity index is 320. The number of alkyl halides is 3. The molecule has 0 spiro atoms. The Labute approximate surface area is 111 Å². The third-order valence-corrected chi connectivity index (χ3v) is 3.82. The van der Waals surface area contributed by atoms with E-state index < -0.39 is 35.7 Å². The molecule has 19 heavy (non-hydrogen) atoms. The van der Waals surface area contributed by atoms with Crippen LogP contribution in [0.4, 0.5) is 13.2 Å². The molecule has 1 unspecified atom stereocenters. The minimum atomic E-state index is -4.61. The van der Waals surface area contributed by atoms with Crippen molar-refractivity contribution in [1.82, 2.24) is 0 Å². The molecule has 3 nitrogen and oxygen atoms in total. The Morgan fingerprint density at radius 3 is 2.05 bits per heavy atom. The molecule has 0 aliphatic heterocycles. The van der Waals surface area contributed by atoms with E-state index in [-0.39, 0.29) is 12.8 Å². The number of ether oxygens (including phenoxy) is 1. The first-order valence-electron chi connectivity index (χ1n) is 6.55. The third kappa shape index (κ3) is 3.61. The highest BCUT2D eigenvalue weighted by Gasteiger charge is 2.59. The van der Waals surface area contributed by atoms with Gasteiger partial charge in [0.1, 0.15) is 0 Å². The molecular formula is C13H21F3O3. The zero-order chi connectivity index (χ0) is 14.8. The molecule has 0 aromatic heterocycles. The molecule has 1 fully saturated rings. The summed E-state index contributed by atoms with van der Waals surface area (Å²) < 4.78 is 44.6. The molecule has 1 N–H and O–H groups in total. The standard InChI is InChI=1S/C13H21F3O3/c1-8(2)11(18)19-12(3,13(14,15)16)9-4-6-10(17)7-5-9/h8-10,17H,4-7H2,1-3H3/t9-,10-,12?. The summed E-state index contributed by atoms with van der Waals surface area (Å²) in [7, 11) is 0. The molecule has 1 saturated carbocycles. The summed E-state index contributed by atoms with van der Waals surface area (Å²) in [5.74, 6) is -2.24. The molecule has 0 heterocycles. The van der Waals surface area contributed by atoms with Crippen molar-refractivity contribution in [2.24, 2.45) is 11.8 Å². The number of halogens is 3. The predicted octanol–water partition coefficient (Wildman–Crippen LogP) is 3.06. The maximum absolute atomic E-state index is 13.3. The Kier molecular flexibility index (Phi) is 4.87. The number of carbonyl (C=O) groups excluding carboxylic acids is 1. The predicted molar refractivity (Wildman–Crippen MR) is 63.4 cm³/mol. The molecule has 0 radical (unpaired) electrons. The first-order chi connectivity index (χ1) is 8.58. The summed E-state index contributed by atoms with van der Waals surface area (Å²) in [6, 6.07) is 0. The maximum atomic E-state index is 13.3. The first-order valence-corrected chi connectivity index (χ1v) is 6.55. The van der Waals surface area contributed by atoms with Crippen molar-refractivity contribution in [2.75, 3.05) is 0 Å². The molecule has 6 heteroatoms. The van der Waals surface area contributed by atoms with E-state index in [4.69, 9.17) is 4.74 Å². The number of carbonyl (C=O) groups is 1. The van der Waals surface area contributed by atoms with Gasteiger partial charge in [-0.25, -0.2) is 0 Å². The molecule has 0 amide bonds. The topological polar surface area (TPSA) is 46.5 Å². The molecule has 1 atom stereocenters. The Balaban J connectivity index is 2.90. The van der Waals surface area contributed by atoms with Crippen LogP contribution in [0.25, 0.3) is 0 Å². The van der Waals surface area contributed by atoms with Crippen LogP contribution in [0, 0.1) is 11.8 Å². The van der Waals surface area contributed by atoms with Gasteiger partial charge in [0, 0.05) is 5.92 Å². The Morgan fingerprint density at radius 1 is 1.21 bits per heavy atom. The smallest absolute Gasteiger partial charge is 0.428 e. The van der Waals surface area contributed by atoms with Crippen molar-refractivity contribution in [3.8, 4) is 0 Å². The zero-order valence-corrected chi connectivity index (χ0v) is 11.5. The highest BCUT2D eigenvalue weighted by molar-refractivity contribution is 5.72. The Hall–Kier alpha value is -0.780. The van der Waals surface area contributed by atoms with Crippen LogP contribution in [-0.4, -0.2) is 29.0 Å². The van der Waals surface area contributed by atoms with Gasteiger partial charge in [-0.1, -0.05) is 13.8 Å². The summed E-state index contributed by atoms with van der Waals surface area (Å²) in [4.78, 5) is 11.5. The molecule has 0 bridgehead atoms. The van der Waals surface area contributed by atoms with E-state index >= 15 is 0 Å². The van der Waals surface area contributed by atoms with Crippen molar-refractivity contribution < 1.29 is 27.8 Å². The average Bonchev–Trinajstić information content (AvgIpc) is 2.27. The highest BCUT2D eigenvalue weighted by Crippen LogP contribution is 2.45. The zero-order valence-electron chi connectivity index (χ0n) is 11.5. The van der Waals surface area contributed by atoms with Crippen molar-refractivity contribution in [2.45, 2.75) is 64.3 Å². The van der Waals surface area contributed by atoms with Gasteiger partial charge in [-0.2, -0.15) is 13.2 Å². The van der Waals surface area contributed by atoms with Crippen molar-refractivity contribution in [1.29, 1.82) is 0 Å². The third-order valence-electron chi connectivity index (χ3n) is 3.82. The molecule has 1 rings (SSSR count). The molecule has 1 aliphatic rings. The monoisotopic (exact) mass is 282 g/mol. The second-order valence-electron chi connectivity index (χ2n) is 5.69. The number of hydrogen-bond donors (Lipinski definition) is 1. The van der Waals surface area contributed by atoms with Crippen LogP contribution in [0.15, 0.2) is 0 Å². The molecular weight excluding hydrogens is 261 g/mol. The van der Waals surface area contributed by atoms with Crippen molar-refractivity contribution >= 4 is 5.97 Å². The van der Waals surface area contributed by atoms with Gasteiger partial charge < -0.3 is 9.84 Å². The van der Waals surface area contributed by atoms with E-state index in [2.05, 4.69) is 0 Å². The van der Waals surface area contributed by atoms with E-state index in [1.165, 1.54) is 13.8 Å². The van der Waals surface area contributed by atoms with Crippen LogP contribution in [0.2, 0.25) is 0 Å². The number of aliphatic hydroxyl groups is 1. The SMILES string of the molecule is CC(C)C(=O)OC(C)([C@H]1CC[C@H](O)CC1)C(F)(F)F. The normalized spacial score (nSPS) is 28.0. The lowest BCUT2D eigenvalue weighted by molar-refractivity contribution is -0.285. The van der Waals surface area contributed by atoms with Gasteiger partial charge in [-0.3, -0.25) is 4.79 Å². The number of hydrogen-bond acceptors (Lipinski definition) is 3. The molecule has 1 aliphatic carbocycles. The number of esters is 1. The quantitative estimate of drug-likeness (QED) is 0.809. The molecule has 0 aromatic carbocycles. The van der Waals surface area contributed by atoms with Gasteiger partial charge in [-0.15, -0.1) is 0 Å². The second kappa shape index (κ2) is 5.69. The van der Waals surface area contributed by atoms with Gasteiger partial charge in [-0.05, 0) is 32.6 Å². The molecule has 112 valence electrons. The lowest BCUT2D eigenvalue weighted by atomic mass is 9.76. The van der Waals surface area contributed by atoms with Crippen LogP contribution in [0.5, 0.6) is 0 Å². The average molecular weight is 282 g/mol. The summed E-state index contributed by atoms with van der Waals surface area (Å²) in [6.45, 7) is 3.95. The minimum absolute atomic E-state index is 0.211. The van der Waals surface area contributed by atoms with Gasteiger partial charge >= 0.3 is 12.1 Å². The van der Waals surface area contributed by atoms with E-state index in [1.54, 1.807) is 0 Å². The number of aliphatic hydroxyl groups excluding tert-OH is 1. The van der Waals surface area contributed by atoms with Crippen molar-refractivity contribution in [3.05, 3.63) is 0 Å². The maximum Gasteiger partial charge on any atom is 0.428 e. The van der Waals surface area contributed by atoms with Gasteiger partial charge in [0.25, 0.3) is 0 Å². The van der Waals surface area contributed by atoms with Crippen LogP contribution < -0.4 is 0 Å². The highest BCUT2D eigenvalue weighted by atomic mass is 19.4. The fourth-order valence-corrected chi connectivity index (χ4v) is 2.33.